The van der Waals surface area contributed by atoms with E-state index >= 15 is 0 Å². The third-order valence-corrected chi connectivity index (χ3v) is 2.03. The molecule has 0 bridgehead atoms. The molecule has 0 aromatic carbocycles. The van der Waals surface area contributed by atoms with Gasteiger partial charge in [0.15, 0.2) is 0 Å². The van der Waals surface area contributed by atoms with E-state index in [0.717, 1.165) is 0 Å². The van der Waals surface area contributed by atoms with Crippen LogP contribution in [0.25, 0.3) is 0 Å². The minimum atomic E-state index is -7.18. The molecule has 20 heavy (non-hydrogen) atoms. The second kappa shape index (κ2) is 4.70. The highest BCUT2D eigenvalue weighted by molar-refractivity contribution is 5.95. The molecule has 0 saturated carbocycles. The van der Waals surface area contributed by atoms with Crippen molar-refractivity contribution in [1.29, 1.82) is 0 Å². The van der Waals surface area contributed by atoms with Crippen molar-refractivity contribution in [3.05, 3.63) is 0 Å². The Kier molecular flexibility index (Phi) is 4.43. The lowest BCUT2D eigenvalue weighted by Crippen LogP contribution is -2.67. The Morgan fingerprint density at radius 1 is 0.700 bits per heavy atom. The molecule has 0 fully saturated rings. The molecule has 0 aromatic rings. The first-order chi connectivity index (χ1) is 8.47. The lowest BCUT2D eigenvalue weighted by atomic mass is 9.92. The fraction of sp³-hybridized carbons (Fsp3) is 0.857. The van der Waals surface area contributed by atoms with E-state index in [9.17, 15) is 53.1 Å². The summed E-state index contributed by atoms with van der Waals surface area (Å²) in [4.78, 5) is 10.6. The van der Waals surface area contributed by atoms with Crippen molar-refractivity contribution in [3.63, 3.8) is 0 Å². The lowest BCUT2D eigenvalue weighted by molar-refractivity contribution is -0.353. The number of ketones is 1. The third-order valence-electron chi connectivity index (χ3n) is 2.03. The van der Waals surface area contributed by atoms with Crippen LogP contribution in [0, 0.1) is 0 Å². The summed E-state index contributed by atoms with van der Waals surface area (Å²) in [5.41, 5.74) is -7.08. The Morgan fingerprint density at radius 2 is 1.00 bits per heavy atom. The van der Waals surface area contributed by atoms with Crippen LogP contribution >= 0.6 is 0 Å². The summed E-state index contributed by atoms with van der Waals surface area (Å²) in [5.74, 6) is -10.6. The fourth-order valence-electron chi connectivity index (χ4n) is 0.977. The highest BCUT2D eigenvalue weighted by atomic mass is 19.4. The number of ether oxygens (including phenoxy) is 1. The highest BCUT2D eigenvalue weighted by Gasteiger charge is 2.84. The van der Waals surface area contributed by atoms with Crippen molar-refractivity contribution in [2.75, 3.05) is 7.11 Å². The zero-order chi connectivity index (χ0) is 16.8. The van der Waals surface area contributed by atoms with Crippen LogP contribution in [0.4, 0.5) is 48.3 Å². The average Bonchev–Trinajstić information content (AvgIpc) is 2.20. The van der Waals surface area contributed by atoms with Crippen molar-refractivity contribution < 1.29 is 57.8 Å². The molecule has 0 amide bonds. The van der Waals surface area contributed by atoms with Gasteiger partial charge in [-0.25, -0.2) is 4.39 Å². The molecule has 2 nitrogen and oxygen atoms in total. The Hall–Kier alpha value is -1.14. The fourth-order valence-corrected chi connectivity index (χ4v) is 0.977. The highest BCUT2D eigenvalue weighted by Crippen LogP contribution is 2.51. The summed E-state index contributed by atoms with van der Waals surface area (Å²) in [5, 5.41) is 0. The second-order valence-corrected chi connectivity index (χ2v) is 3.28. The molecular formula is C7H3F11O2. The molecule has 0 N–H and O–H groups in total. The van der Waals surface area contributed by atoms with Gasteiger partial charge in [-0.05, 0) is 0 Å². The Labute approximate surface area is 102 Å². The maximum atomic E-state index is 13.0. The molecule has 0 aliphatic carbocycles. The minimum absolute atomic E-state index is 0.349. The zero-order valence-corrected chi connectivity index (χ0v) is 8.97. The van der Waals surface area contributed by atoms with E-state index in [4.69, 9.17) is 0 Å². The first-order valence-corrected chi connectivity index (χ1v) is 4.15. The van der Waals surface area contributed by atoms with Crippen molar-refractivity contribution in [1.82, 2.24) is 0 Å². The topological polar surface area (TPSA) is 26.3 Å². The maximum absolute atomic E-state index is 13.0. The summed E-state index contributed by atoms with van der Waals surface area (Å²) in [6.07, 6.45) is -21.0. The van der Waals surface area contributed by atoms with E-state index in [0.29, 0.717) is 0 Å². The number of carbonyl (C=O) groups excluding carboxylic acids is 1. The van der Waals surface area contributed by atoms with Gasteiger partial charge in [-0.3, -0.25) is 4.79 Å². The zero-order valence-electron chi connectivity index (χ0n) is 8.97. The van der Waals surface area contributed by atoms with E-state index in [1.54, 1.807) is 0 Å². The third kappa shape index (κ3) is 2.54. The SMILES string of the molecule is COC(F)(C(=O)C(F)(C(F)(F)F)C(F)(F)F)C(F)(F)F. The Balaban J connectivity index is 6.21. The van der Waals surface area contributed by atoms with Crippen LogP contribution < -0.4 is 0 Å². The van der Waals surface area contributed by atoms with Gasteiger partial charge in [-0.2, -0.15) is 43.9 Å². The smallest absolute Gasteiger partial charge is 0.336 e. The van der Waals surface area contributed by atoms with Crippen LogP contribution in [0.3, 0.4) is 0 Å². The van der Waals surface area contributed by atoms with Gasteiger partial charge in [-0.1, -0.05) is 0 Å². The van der Waals surface area contributed by atoms with Crippen molar-refractivity contribution in [3.8, 4) is 0 Å². The monoisotopic (exact) mass is 328 g/mol. The molecule has 0 radical (unpaired) electrons. The first-order valence-electron chi connectivity index (χ1n) is 4.15. The van der Waals surface area contributed by atoms with E-state index in [-0.39, 0.29) is 7.11 Å². The molecule has 0 heterocycles. The standard InChI is InChI=1S/C7H3F11O2/c1-20-4(9,7(16,17)18)2(19)3(8,5(10,11)12)6(13,14)15/h1H3. The van der Waals surface area contributed by atoms with Crippen molar-refractivity contribution >= 4 is 5.78 Å². The normalized spacial score (nSPS) is 17.8. The van der Waals surface area contributed by atoms with Gasteiger partial charge in [0, 0.05) is 7.11 Å². The van der Waals surface area contributed by atoms with E-state index in [2.05, 4.69) is 4.74 Å². The molecule has 0 aliphatic rings. The Bertz CT molecular complexity index is 364. The molecule has 0 saturated heterocycles. The molecule has 120 valence electrons. The van der Waals surface area contributed by atoms with E-state index in [1.807, 2.05) is 0 Å². The molecule has 0 rings (SSSR count). The quantitative estimate of drug-likeness (QED) is 0.744. The molecule has 0 aliphatic heterocycles. The van der Waals surface area contributed by atoms with Crippen LogP contribution in [0.1, 0.15) is 0 Å². The van der Waals surface area contributed by atoms with Crippen molar-refractivity contribution in [2.24, 2.45) is 0 Å². The Morgan fingerprint density at radius 3 is 1.15 bits per heavy atom. The predicted octanol–water partition coefficient (Wildman–Crippen LogP) is 3.26. The van der Waals surface area contributed by atoms with Gasteiger partial charge in [0.2, 0.25) is 0 Å². The molecule has 0 spiro atoms. The van der Waals surface area contributed by atoms with Gasteiger partial charge in [0.05, 0.1) is 0 Å². The van der Waals surface area contributed by atoms with Crippen LogP contribution in [-0.2, 0) is 9.53 Å². The van der Waals surface area contributed by atoms with Gasteiger partial charge < -0.3 is 4.74 Å². The first kappa shape index (κ1) is 18.9. The predicted molar refractivity (Wildman–Crippen MR) is 37.9 cm³/mol. The second-order valence-electron chi connectivity index (χ2n) is 3.28. The number of alkyl halides is 11. The number of rotatable bonds is 3. The van der Waals surface area contributed by atoms with Gasteiger partial charge in [0.25, 0.3) is 5.78 Å². The molecule has 1 unspecified atom stereocenters. The lowest BCUT2D eigenvalue weighted by Gasteiger charge is -2.34. The summed E-state index contributed by atoms with van der Waals surface area (Å²) in [6.45, 7) is 0. The molecule has 13 heteroatoms. The van der Waals surface area contributed by atoms with Gasteiger partial charge in [0.1, 0.15) is 0 Å². The molecule has 0 aromatic heterocycles. The number of methoxy groups -OCH3 is 1. The number of hydrogen-bond acceptors (Lipinski definition) is 2. The van der Waals surface area contributed by atoms with Gasteiger partial charge >= 0.3 is 30.1 Å². The van der Waals surface area contributed by atoms with E-state index in [1.165, 1.54) is 0 Å². The molecular weight excluding hydrogens is 325 g/mol. The minimum Gasteiger partial charge on any atom is -0.336 e. The van der Waals surface area contributed by atoms with Gasteiger partial charge in [-0.15, -0.1) is 0 Å². The van der Waals surface area contributed by atoms with Crippen LogP contribution in [-0.4, -0.2) is 42.9 Å². The number of Topliss-reactive ketones (excluding diaryl/α,β-unsaturated/α-hetero) is 1. The summed E-state index contributed by atoms with van der Waals surface area (Å²) in [7, 11) is -0.349. The summed E-state index contributed by atoms with van der Waals surface area (Å²) in [6, 6.07) is 0. The summed E-state index contributed by atoms with van der Waals surface area (Å²) >= 11 is 0. The largest absolute Gasteiger partial charge is 0.456 e. The number of carbonyl (C=O) groups is 1. The number of hydrogen-bond donors (Lipinski definition) is 0. The van der Waals surface area contributed by atoms with E-state index < -0.39 is 35.8 Å². The number of halogens is 11. The van der Waals surface area contributed by atoms with Crippen molar-refractivity contribution in [2.45, 2.75) is 30.1 Å². The van der Waals surface area contributed by atoms with Crippen LogP contribution in [0.2, 0.25) is 0 Å². The summed E-state index contributed by atoms with van der Waals surface area (Å²) < 4.78 is 137. The van der Waals surface area contributed by atoms with Crippen LogP contribution in [0.15, 0.2) is 0 Å². The maximum Gasteiger partial charge on any atom is 0.456 e. The van der Waals surface area contributed by atoms with Crippen LogP contribution in [0.5, 0.6) is 0 Å². The molecule has 1 atom stereocenters. The average molecular weight is 328 g/mol.